The summed E-state index contributed by atoms with van der Waals surface area (Å²) in [5, 5.41) is 14.9. The Bertz CT molecular complexity index is 1050. The van der Waals surface area contributed by atoms with Crippen LogP contribution in [-0.2, 0) is 0 Å². The van der Waals surface area contributed by atoms with Gasteiger partial charge in [0.2, 0.25) is 0 Å². The summed E-state index contributed by atoms with van der Waals surface area (Å²) in [5.41, 5.74) is 3.10. The molecule has 1 aliphatic heterocycles. The second-order valence-corrected chi connectivity index (χ2v) is 7.49. The van der Waals surface area contributed by atoms with Crippen LogP contribution in [0.25, 0.3) is 16.9 Å². The van der Waals surface area contributed by atoms with Crippen molar-refractivity contribution in [2.75, 3.05) is 32.5 Å². The molecule has 10 heteroatoms. The molecule has 2 atom stereocenters. The highest BCUT2D eigenvalue weighted by atomic mass is 19.1. The first-order valence-corrected chi connectivity index (χ1v) is 9.28. The number of hydrogen-bond acceptors (Lipinski definition) is 6. The van der Waals surface area contributed by atoms with Gasteiger partial charge < -0.3 is 15.5 Å². The van der Waals surface area contributed by atoms with E-state index in [1.807, 2.05) is 16.9 Å². The number of carbonyl (C=O) groups is 1. The molecule has 3 aromatic heterocycles. The number of anilines is 1. The fourth-order valence-electron chi connectivity index (χ4n) is 3.51. The SMILES string of the molecule is CNc1cc(-c2cnn(C3CN(C)C3)c2)nn2c(C(=O)N[C@@H]3C[C@@H]3F)cnc12. The van der Waals surface area contributed by atoms with Crippen molar-refractivity contribution in [1.29, 1.82) is 0 Å². The molecule has 146 valence electrons. The van der Waals surface area contributed by atoms with Crippen LogP contribution in [0.15, 0.2) is 24.7 Å². The van der Waals surface area contributed by atoms with Gasteiger partial charge in [0.1, 0.15) is 6.17 Å². The smallest absolute Gasteiger partial charge is 0.271 e. The molecule has 1 saturated heterocycles. The first-order valence-electron chi connectivity index (χ1n) is 9.28. The minimum Gasteiger partial charge on any atom is -0.385 e. The highest BCUT2D eigenvalue weighted by Crippen LogP contribution is 2.27. The van der Waals surface area contributed by atoms with Crippen molar-refractivity contribution in [2.45, 2.75) is 24.7 Å². The molecule has 0 unspecified atom stereocenters. The third-order valence-electron chi connectivity index (χ3n) is 5.31. The second kappa shape index (κ2) is 6.26. The molecule has 0 aromatic carbocycles. The van der Waals surface area contributed by atoms with Gasteiger partial charge in [0.15, 0.2) is 11.3 Å². The van der Waals surface area contributed by atoms with Crippen molar-refractivity contribution in [3.05, 3.63) is 30.4 Å². The lowest BCUT2D eigenvalue weighted by molar-refractivity contribution is 0.0940. The van der Waals surface area contributed by atoms with Crippen molar-refractivity contribution in [1.82, 2.24) is 34.6 Å². The zero-order valence-electron chi connectivity index (χ0n) is 15.6. The Balaban J connectivity index is 1.50. The number of fused-ring (bicyclic) bond motifs is 1. The number of amides is 1. The fraction of sp³-hybridized carbons (Fsp3) is 0.444. The molecule has 3 aromatic rings. The molecule has 0 radical (unpaired) electrons. The van der Waals surface area contributed by atoms with Gasteiger partial charge >= 0.3 is 0 Å². The number of carbonyl (C=O) groups excluding carboxylic acids is 1. The maximum absolute atomic E-state index is 13.1. The molecule has 28 heavy (non-hydrogen) atoms. The molecular weight excluding hydrogens is 363 g/mol. The molecule has 2 aliphatic rings. The van der Waals surface area contributed by atoms with Gasteiger partial charge in [0.25, 0.3) is 5.91 Å². The average Bonchev–Trinajstić information content (AvgIpc) is 3.07. The van der Waals surface area contributed by atoms with Crippen LogP contribution in [0.5, 0.6) is 0 Å². The summed E-state index contributed by atoms with van der Waals surface area (Å²) >= 11 is 0. The predicted molar refractivity (Wildman–Crippen MR) is 101 cm³/mol. The molecule has 2 N–H and O–H groups in total. The number of aromatic nitrogens is 5. The van der Waals surface area contributed by atoms with Crippen LogP contribution >= 0.6 is 0 Å². The minimum atomic E-state index is -0.962. The predicted octanol–water partition coefficient (Wildman–Crippen LogP) is 0.961. The van der Waals surface area contributed by atoms with Gasteiger partial charge in [-0.3, -0.25) is 9.48 Å². The Morgan fingerprint density at radius 2 is 2.11 bits per heavy atom. The third-order valence-corrected chi connectivity index (χ3v) is 5.31. The number of likely N-dealkylation sites (tertiary alicyclic amines) is 1. The van der Waals surface area contributed by atoms with Crippen LogP contribution in [0.2, 0.25) is 0 Å². The summed E-state index contributed by atoms with van der Waals surface area (Å²) in [6, 6.07) is 1.84. The van der Waals surface area contributed by atoms with Crippen LogP contribution in [0.4, 0.5) is 10.1 Å². The Hall–Kier alpha value is -3.01. The summed E-state index contributed by atoms with van der Waals surface area (Å²) in [6.45, 7) is 1.94. The number of halogens is 1. The lowest BCUT2D eigenvalue weighted by atomic mass is 10.1. The molecule has 0 spiro atoms. The molecule has 1 saturated carbocycles. The largest absolute Gasteiger partial charge is 0.385 e. The fourth-order valence-corrected chi connectivity index (χ4v) is 3.51. The normalized spacial score (nSPS) is 22.2. The maximum atomic E-state index is 13.1. The molecule has 0 bridgehead atoms. The van der Waals surface area contributed by atoms with Gasteiger partial charge in [-0.2, -0.15) is 10.2 Å². The lowest BCUT2D eigenvalue weighted by Crippen LogP contribution is -2.45. The number of nitrogens with one attached hydrogen (secondary N) is 2. The molecule has 4 heterocycles. The van der Waals surface area contributed by atoms with Gasteiger partial charge in [-0.25, -0.2) is 13.9 Å². The molecular formula is C18H21FN8O. The maximum Gasteiger partial charge on any atom is 0.271 e. The van der Waals surface area contributed by atoms with E-state index in [1.165, 1.54) is 10.7 Å². The number of alkyl halides is 1. The van der Waals surface area contributed by atoms with E-state index in [1.54, 1.807) is 13.2 Å². The van der Waals surface area contributed by atoms with Crippen LogP contribution in [-0.4, -0.2) is 74.6 Å². The Kier molecular flexibility index (Phi) is 3.83. The summed E-state index contributed by atoms with van der Waals surface area (Å²) < 4.78 is 16.6. The molecule has 1 aliphatic carbocycles. The van der Waals surface area contributed by atoms with Crippen molar-refractivity contribution >= 4 is 17.2 Å². The highest BCUT2D eigenvalue weighted by molar-refractivity contribution is 5.94. The molecule has 2 fully saturated rings. The number of hydrogen-bond donors (Lipinski definition) is 2. The molecule has 1 amide bonds. The Morgan fingerprint density at radius 3 is 2.79 bits per heavy atom. The summed E-state index contributed by atoms with van der Waals surface area (Å²) in [6.07, 6.45) is 4.61. The highest BCUT2D eigenvalue weighted by Gasteiger charge is 2.39. The first kappa shape index (κ1) is 17.1. The van der Waals surface area contributed by atoms with E-state index in [0.717, 1.165) is 24.3 Å². The number of imidazole rings is 1. The zero-order valence-corrected chi connectivity index (χ0v) is 15.6. The average molecular weight is 384 g/mol. The topological polar surface area (TPSA) is 92.4 Å². The van der Waals surface area contributed by atoms with Crippen LogP contribution in [0, 0.1) is 0 Å². The van der Waals surface area contributed by atoms with Crippen molar-refractivity contribution < 1.29 is 9.18 Å². The Morgan fingerprint density at radius 1 is 1.32 bits per heavy atom. The minimum absolute atomic E-state index is 0.278. The van der Waals surface area contributed by atoms with E-state index in [4.69, 9.17) is 0 Å². The van der Waals surface area contributed by atoms with Gasteiger partial charge in [0, 0.05) is 38.3 Å². The van der Waals surface area contributed by atoms with Gasteiger partial charge in [-0.05, 0) is 13.1 Å². The third kappa shape index (κ3) is 2.80. The summed E-state index contributed by atoms with van der Waals surface area (Å²) in [7, 11) is 3.87. The van der Waals surface area contributed by atoms with E-state index < -0.39 is 12.2 Å². The van der Waals surface area contributed by atoms with E-state index in [9.17, 15) is 9.18 Å². The number of nitrogens with zero attached hydrogens (tertiary/aromatic N) is 6. The summed E-state index contributed by atoms with van der Waals surface area (Å²) in [5.74, 6) is -0.377. The summed E-state index contributed by atoms with van der Waals surface area (Å²) in [4.78, 5) is 19.1. The van der Waals surface area contributed by atoms with Gasteiger partial charge in [0.05, 0.1) is 35.9 Å². The van der Waals surface area contributed by atoms with Crippen LogP contribution < -0.4 is 10.6 Å². The zero-order chi connectivity index (χ0) is 19.4. The standard InChI is InChI=1S/C18H21FN8O/c1-20-15-4-13(10-5-22-26(7-10)11-8-25(2)9-11)24-27-16(6-21-17(15)27)18(28)23-14-3-12(14)19/h4-7,11-12,14,20H,3,8-9H2,1-2H3,(H,23,28)/t12-,14+/m0/s1. The lowest BCUT2D eigenvalue weighted by Gasteiger charge is -2.36. The number of rotatable bonds is 5. The number of likely N-dealkylation sites (N-methyl/N-ethyl adjacent to an activating group) is 1. The molecule has 5 rings (SSSR count). The van der Waals surface area contributed by atoms with Gasteiger partial charge in [-0.1, -0.05) is 0 Å². The van der Waals surface area contributed by atoms with Crippen molar-refractivity contribution in [2.24, 2.45) is 0 Å². The van der Waals surface area contributed by atoms with Gasteiger partial charge in [-0.15, -0.1) is 0 Å². The van der Waals surface area contributed by atoms with Crippen molar-refractivity contribution in [3.63, 3.8) is 0 Å². The van der Waals surface area contributed by atoms with E-state index in [-0.39, 0.29) is 11.6 Å². The molecule has 9 nitrogen and oxygen atoms in total. The monoisotopic (exact) mass is 384 g/mol. The van der Waals surface area contributed by atoms with E-state index in [2.05, 4.69) is 37.8 Å². The van der Waals surface area contributed by atoms with Crippen molar-refractivity contribution in [3.8, 4) is 11.3 Å². The quantitative estimate of drug-likeness (QED) is 0.681. The van der Waals surface area contributed by atoms with E-state index in [0.29, 0.717) is 23.8 Å². The van der Waals surface area contributed by atoms with E-state index >= 15 is 0 Å². The van der Waals surface area contributed by atoms with Crippen LogP contribution in [0.1, 0.15) is 23.0 Å². The first-order chi connectivity index (χ1) is 13.5. The van der Waals surface area contributed by atoms with Crippen LogP contribution in [0.3, 0.4) is 0 Å². The second-order valence-electron chi connectivity index (χ2n) is 7.49. The Labute approximate surface area is 160 Å².